The number of hydrogen-bond donors (Lipinski definition) is 0. The molecule has 0 aliphatic carbocycles. The quantitative estimate of drug-likeness (QED) is 0.790. The summed E-state index contributed by atoms with van der Waals surface area (Å²) in [6.07, 6.45) is -2.46. The number of amides is 2. The molecular weight excluding hydrogens is 301 g/mol. The Morgan fingerprint density at radius 3 is 2.50 bits per heavy atom. The van der Waals surface area contributed by atoms with Gasteiger partial charge in [-0.05, 0) is 31.6 Å². The molecule has 2 aliphatic rings. The highest BCUT2D eigenvalue weighted by Gasteiger charge is 2.48. The van der Waals surface area contributed by atoms with Crippen LogP contribution >= 0.6 is 0 Å². The van der Waals surface area contributed by atoms with Crippen LogP contribution in [0.4, 0.5) is 13.2 Å². The number of nitrogens with zero attached hydrogens (tertiary/aromatic N) is 2. The van der Waals surface area contributed by atoms with Crippen molar-refractivity contribution in [1.82, 2.24) is 9.80 Å². The summed E-state index contributed by atoms with van der Waals surface area (Å²) in [6, 6.07) is -0.976. The van der Waals surface area contributed by atoms with Gasteiger partial charge in [-0.15, -0.1) is 0 Å². The van der Waals surface area contributed by atoms with Crippen molar-refractivity contribution >= 4 is 11.8 Å². The molecule has 2 unspecified atom stereocenters. The van der Waals surface area contributed by atoms with Gasteiger partial charge in [0.15, 0.2) is 0 Å². The molecule has 2 saturated heterocycles. The monoisotopic (exact) mass is 322 g/mol. The van der Waals surface area contributed by atoms with Crippen LogP contribution in [0.2, 0.25) is 0 Å². The first-order valence-corrected chi connectivity index (χ1v) is 7.50. The van der Waals surface area contributed by atoms with Crippen molar-refractivity contribution < 1.29 is 27.5 Å². The molecule has 0 aromatic rings. The van der Waals surface area contributed by atoms with Gasteiger partial charge in [-0.2, -0.15) is 13.2 Å². The number of carbonyl (C=O) groups is 2. The zero-order valence-electron chi connectivity index (χ0n) is 12.6. The van der Waals surface area contributed by atoms with Gasteiger partial charge in [0.05, 0.1) is 6.61 Å². The minimum absolute atomic E-state index is 0.00983. The van der Waals surface area contributed by atoms with Gasteiger partial charge >= 0.3 is 12.1 Å². The molecule has 0 saturated carbocycles. The van der Waals surface area contributed by atoms with Crippen LogP contribution in [-0.2, 0) is 14.3 Å². The van der Waals surface area contributed by atoms with Crippen molar-refractivity contribution in [3.63, 3.8) is 0 Å². The van der Waals surface area contributed by atoms with E-state index in [0.717, 1.165) is 12.8 Å². The molecule has 126 valence electrons. The topological polar surface area (TPSA) is 49.9 Å². The first-order valence-electron chi connectivity index (χ1n) is 7.50. The lowest BCUT2D eigenvalue weighted by Gasteiger charge is -2.36. The highest BCUT2D eigenvalue weighted by molar-refractivity contribution is 5.90. The molecule has 2 rings (SSSR count). The number of alkyl halides is 3. The summed E-state index contributed by atoms with van der Waals surface area (Å²) in [5.74, 6) is -2.07. The first kappa shape index (κ1) is 17.1. The standard InChI is InChI=1S/C14H21F3N2O3/c1-22-9-10-4-2-6-18(8-10)12(20)11-5-3-7-19(11)13(21)14(15,16)17/h10-11H,2-9H2,1H3. The Labute approximate surface area is 127 Å². The van der Waals surface area contributed by atoms with Crippen LogP contribution in [0.1, 0.15) is 25.7 Å². The van der Waals surface area contributed by atoms with Crippen molar-refractivity contribution in [3.8, 4) is 0 Å². The van der Waals surface area contributed by atoms with E-state index in [1.54, 1.807) is 12.0 Å². The number of halogens is 3. The van der Waals surface area contributed by atoms with E-state index < -0.39 is 18.1 Å². The Morgan fingerprint density at radius 2 is 1.86 bits per heavy atom. The lowest BCUT2D eigenvalue weighted by atomic mass is 9.98. The molecule has 0 N–H and O–H groups in total. The Bertz CT molecular complexity index is 426. The molecule has 2 aliphatic heterocycles. The van der Waals surface area contributed by atoms with Crippen LogP contribution in [0.3, 0.4) is 0 Å². The fraction of sp³-hybridized carbons (Fsp3) is 0.857. The van der Waals surface area contributed by atoms with E-state index in [0.29, 0.717) is 37.4 Å². The average Bonchev–Trinajstić information content (AvgIpc) is 2.94. The third-order valence-electron chi connectivity index (χ3n) is 4.27. The van der Waals surface area contributed by atoms with E-state index in [1.807, 2.05) is 0 Å². The van der Waals surface area contributed by atoms with Crippen LogP contribution in [0.15, 0.2) is 0 Å². The fourth-order valence-electron chi connectivity index (χ4n) is 3.28. The van der Waals surface area contributed by atoms with E-state index in [9.17, 15) is 22.8 Å². The maximum absolute atomic E-state index is 12.6. The molecule has 2 heterocycles. The van der Waals surface area contributed by atoms with Crippen molar-refractivity contribution in [2.24, 2.45) is 5.92 Å². The Balaban J connectivity index is 2.03. The van der Waals surface area contributed by atoms with Crippen molar-refractivity contribution in [2.45, 2.75) is 37.9 Å². The minimum Gasteiger partial charge on any atom is -0.384 e. The average molecular weight is 322 g/mol. The molecule has 0 spiro atoms. The summed E-state index contributed by atoms with van der Waals surface area (Å²) >= 11 is 0. The minimum atomic E-state index is -4.93. The first-order chi connectivity index (χ1) is 10.3. The number of likely N-dealkylation sites (tertiary alicyclic amines) is 2. The van der Waals surface area contributed by atoms with Crippen LogP contribution in [0.5, 0.6) is 0 Å². The predicted octanol–water partition coefficient (Wildman–Crippen LogP) is 1.42. The number of methoxy groups -OCH3 is 1. The van der Waals surface area contributed by atoms with Crippen molar-refractivity contribution in [3.05, 3.63) is 0 Å². The molecule has 5 nitrogen and oxygen atoms in total. The van der Waals surface area contributed by atoms with Crippen molar-refractivity contribution in [1.29, 1.82) is 0 Å². The molecule has 22 heavy (non-hydrogen) atoms. The summed E-state index contributed by atoms with van der Waals surface area (Å²) in [4.78, 5) is 26.2. The second kappa shape index (κ2) is 6.85. The second-order valence-electron chi connectivity index (χ2n) is 5.90. The van der Waals surface area contributed by atoms with Gasteiger partial charge in [0.25, 0.3) is 0 Å². The summed E-state index contributed by atoms with van der Waals surface area (Å²) in [6.45, 7) is 1.53. The van der Waals surface area contributed by atoms with E-state index in [-0.39, 0.29) is 18.4 Å². The Morgan fingerprint density at radius 1 is 1.18 bits per heavy atom. The van der Waals surface area contributed by atoms with Gasteiger partial charge in [-0.3, -0.25) is 9.59 Å². The second-order valence-corrected chi connectivity index (χ2v) is 5.90. The SMILES string of the molecule is COCC1CCCN(C(=O)C2CCCN2C(=O)C(F)(F)F)C1. The van der Waals surface area contributed by atoms with Gasteiger partial charge in [0, 0.05) is 26.7 Å². The number of piperidine rings is 1. The Kier molecular flexibility index (Phi) is 5.31. The highest BCUT2D eigenvalue weighted by Crippen LogP contribution is 2.28. The maximum atomic E-state index is 12.6. The summed E-state index contributed by atoms with van der Waals surface area (Å²) in [5.41, 5.74) is 0. The molecule has 8 heteroatoms. The molecule has 2 fully saturated rings. The van der Waals surface area contributed by atoms with E-state index >= 15 is 0 Å². The molecule has 0 aromatic carbocycles. The normalized spacial score (nSPS) is 26.4. The predicted molar refractivity (Wildman–Crippen MR) is 72.0 cm³/mol. The third-order valence-corrected chi connectivity index (χ3v) is 4.27. The Hall–Kier alpha value is -1.31. The van der Waals surface area contributed by atoms with Gasteiger partial charge in [0.1, 0.15) is 6.04 Å². The van der Waals surface area contributed by atoms with Gasteiger partial charge in [-0.25, -0.2) is 0 Å². The molecule has 2 atom stereocenters. The molecule has 0 radical (unpaired) electrons. The zero-order valence-corrected chi connectivity index (χ0v) is 12.6. The number of hydrogen-bond acceptors (Lipinski definition) is 3. The number of ether oxygens (including phenoxy) is 1. The molecular formula is C14H21F3N2O3. The van der Waals surface area contributed by atoms with E-state index in [1.165, 1.54) is 0 Å². The maximum Gasteiger partial charge on any atom is 0.471 e. The lowest BCUT2D eigenvalue weighted by molar-refractivity contribution is -0.187. The zero-order chi connectivity index (χ0) is 16.3. The molecule has 2 amide bonds. The fourth-order valence-corrected chi connectivity index (χ4v) is 3.28. The lowest BCUT2D eigenvalue weighted by Crippen LogP contribution is -2.53. The molecule has 0 bridgehead atoms. The smallest absolute Gasteiger partial charge is 0.384 e. The summed E-state index contributed by atoms with van der Waals surface area (Å²) in [5, 5.41) is 0. The van der Waals surface area contributed by atoms with Crippen LogP contribution in [0, 0.1) is 5.92 Å². The van der Waals surface area contributed by atoms with Gasteiger partial charge in [-0.1, -0.05) is 0 Å². The largest absolute Gasteiger partial charge is 0.471 e. The molecule has 0 aromatic heterocycles. The highest BCUT2D eigenvalue weighted by atomic mass is 19.4. The van der Waals surface area contributed by atoms with Gasteiger partial charge in [0.2, 0.25) is 5.91 Å². The number of carbonyl (C=O) groups excluding carboxylic acids is 2. The van der Waals surface area contributed by atoms with Gasteiger partial charge < -0.3 is 14.5 Å². The third kappa shape index (κ3) is 3.71. The summed E-state index contributed by atoms with van der Waals surface area (Å²) < 4.78 is 42.9. The number of rotatable bonds is 3. The van der Waals surface area contributed by atoms with Crippen LogP contribution in [0.25, 0.3) is 0 Å². The van der Waals surface area contributed by atoms with Crippen LogP contribution < -0.4 is 0 Å². The van der Waals surface area contributed by atoms with Crippen LogP contribution in [-0.4, -0.2) is 67.2 Å². The van der Waals surface area contributed by atoms with Crippen molar-refractivity contribution in [2.75, 3.05) is 33.4 Å². The van der Waals surface area contributed by atoms with E-state index in [2.05, 4.69) is 0 Å². The summed E-state index contributed by atoms with van der Waals surface area (Å²) in [7, 11) is 1.58. The van der Waals surface area contributed by atoms with E-state index in [4.69, 9.17) is 4.74 Å².